The summed E-state index contributed by atoms with van der Waals surface area (Å²) < 4.78 is 17.1. The molecule has 1 aliphatic heterocycles. The van der Waals surface area contributed by atoms with Gasteiger partial charge in [0.25, 0.3) is 0 Å². The van der Waals surface area contributed by atoms with Gasteiger partial charge in [-0.25, -0.2) is 9.59 Å². The lowest BCUT2D eigenvalue weighted by molar-refractivity contribution is -0.138. The average molecular weight is 475 g/mol. The summed E-state index contributed by atoms with van der Waals surface area (Å²) in [6.45, 7) is 4.24. The minimum absolute atomic E-state index is 0.210. The minimum Gasteiger partial charge on any atom is -0.492 e. The molecule has 30 heavy (non-hydrogen) atoms. The van der Waals surface area contributed by atoms with Crippen LogP contribution in [0.15, 0.2) is 52.5 Å². The van der Waals surface area contributed by atoms with Gasteiger partial charge in [0.15, 0.2) is 11.5 Å². The number of urea groups is 1. The maximum Gasteiger partial charge on any atom is 0.338 e. The monoisotopic (exact) mass is 474 g/mol. The van der Waals surface area contributed by atoms with Crippen molar-refractivity contribution in [1.29, 1.82) is 0 Å². The number of benzene rings is 2. The van der Waals surface area contributed by atoms with Gasteiger partial charge in [-0.15, -0.1) is 0 Å². The van der Waals surface area contributed by atoms with Crippen LogP contribution in [0.4, 0.5) is 4.79 Å². The molecule has 7 nitrogen and oxygen atoms in total. The van der Waals surface area contributed by atoms with E-state index in [0.717, 1.165) is 0 Å². The van der Waals surface area contributed by atoms with Crippen LogP contribution in [-0.2, 0) is 9.53 Å². The van der Waals surface area contributed by atoms with E-state index in [-0.39, 0.29) is 6.61 Å². The molecular weight excluding hydrogens is 452 g/mol. The smallest absolute Gasteiger partial charge is 0.338 e. The number of hydrogen-bond acceptors (Lipinski definition) is 5. The molecule has 0 saturated carbocycles. The SMILES string of the molecule is CCOC(=O)C1=C(c2ccccc2)NC(=O)NC1c1cc(Br)c(OC)c(OCC)c1. The number of nitrogens with one attached hydrogen (secondary N) is 2. The number of ether oxygens (including phenoxy) is 3. The number of hydrogen-bond donors (Lipinski definition) is 2. The summed E-state index contributed by atoms with van der Waals surface area (Å²) in [5, 5.41) is 5.59. The van der Waals surface area contributed by atoms with Crippen molar-refractivity contribution in [3.63, 3.8) is 0 Å². The molecule has 0 saturated heterocycles. The molecule has 3 rings (SSSR count). The quantitative estimate of drug-likeness (QED) is 0.587. The number of rotatable bonds is 7. The fourth-order valence-electron chi connectivity index (χ4n) is 3.29. The van der Waals surface area contributed by atoms with Crippen LogP contribution in [0.1, 0.15) is 31.0 Å². The van der Waals surface area contributed by atoms with Crippen LogP contribution in [-0.4, -0.2) is 32.3 Å². The molecule has 8 heteroatoms. The normalized spacial score (nSPS) is 15.9. The van der Waals surface area contributed by atoms with Crippen molar-refractivity contribution in [2.45, 2.75) is 19.9 Å². The van der Waals surface area contributed by atoms with Crippen LogP contribution in [0.5, 0.6) is 11.5 Å². The third kappa shape index (κ3) is 4.43. The molecule has 0 bridgehead atoms. The molecule has 0 spiro atoms. The zero-order valence-corrected chi connectivity index (χ0v) is 18.5. The van der Waals surface area contributed by atoms with Crippen molar-refractivity contribution in [2.24, 2.45) is 0 Å². The zero-order valence-electron chi connectivity index (χ0n) is 17.0. The number of methoxy groups -OCH3 is 1. The fourth-order valence-corrected chi connectivity index (χ4v) is 3.91. The third-order valence-corrected chi connectivity index (χ3v) is 5.09. The van der Waals surface area contributed by atoms with Crippen LogP contribution in [0.3, 0.4) is 0 Å². The molecule has 2 aromatic rings. The van der Waals surface area contributed by atoms with Crippen LogP contribution in [0.2, 0.25) is 0 Å². The van der Waals surface area contributed by atoms with Crippen molar-refractivity contribution >= 4 is 33.6 Å². The van der Waals surface area contributed by atoms with Gasteiger partial charge in [0.05, 0.1) is 42.1 Å². The maximum atomic E-state index is 13.0. The summed E-state index contributed by atoms with van der Waals surface area (Å²) in [6, 6.07) is 11.6. The Bertz CT molecular complexity index is 975. The lowest BCUT2D eigenvalue weighted by Gasteiger charge is -2.30. The predicted octanol–water partition coefficient (Wildman–Crippen LogP) is 4.18. The largest absolute Gasteiger partial charge is 0.492 e. The van der Waals surface area contributed by atoms with Gasteiger partial charge < -0.3 is 24.8 Å². The highest BCUT2D eigenvalue weighted by Crippen LogP contribution is 2.41. The highest BCUT2D eigenvalue weighted by atomic mass is 79.9. The summed E-state index contributed by atoms with van der Waals surface area (Å²) in [5.41, 5.74) is 2.07. The van der Waals surface area contributed by atoms with Gasteiger partial charge in [-0.05, 0) is 53.0 Å². The van der Waals surface area contributed by atoms with Gasteiger partial charge >= 0.3 is 12.0 Å². The van der Waals surface area contributed by atoms with Gasteiger partial charge in [-0.1, -0.05) is 30.3 Å². The van der Waals surface area contributed by atoms with E-state index in [9.17, 15) is 9.59 Å². The first-order valence-corrected chi connectivity index (χ1v) is 10.3. The van der Waals surface area contributed by atoms with E-state index >= 15 is 0 Å². The maximum absolute atomic E-state index is 13.0. The van der Waals surface area contributed by atoms with E-state index in [1.807, 2.05) is 37.3 Å². The molecule has 1 aliphatic rings. The Hall–Kier alpha value is -3.00. The van der Waals surface area contributed by atoms with E-state index in [2.05, 4.69) is 26.6 Å². The minimum atomic E-state index is -0.741. The van der Waals surface area contributed by atoms with Crippen molar-refractivity contribution in [3.8, 4) is 11.5 Å². The van der Waals surface area contributed by atoms with Gasteiger partial charge in [0.2, 0.25) is 0 Å². The summed E-state index contributed by atoms with van der Waals surface area (Å²) in [5.74, 6) is 0.520. The topological polar surface area (TPSA) is 85.9 Å². The summed E-state index contributed by atoms with van der Waals surface area (Å²) in [7, 11) is 1.55. The molecule has 0 aliphatic carbocycles. The summed E-state index contributed by atoms with van der Waals surface area (Å²) in [6.07, 6.45) is 0. The summed E-state index contributed by atoms with van der Waals surface area (Å²) in [4.78, 5) is 25.5. The molecule has 0 fully saturated rings. The van der Waals surface area contributed by atoms with Crippen molar-refractivity contribution in [1.82, 2.24) is 10.6 Å². The van der Waals surface area contributed by atoms with Gasteiger partial charge in [-0.3, -0.25) is 0 Å². The lowest BCUT2D eigenvalue weighted by Crippen LogP contribution is -2.45. The van der Waals surface area contributed by atoms with E-state index < -0.39 is 18.0 Å². The van der Waals surface area contributed by atoms with E-state index in [1.54, 1.807) is 26.2 Å². The van der Waals surface area contributed by atoms with E-state index in [1.165, 1.54) is 0 Å². The van der Waals surface area contributed by atoms with Gasteiger partial charge in [-0.2, -0.15) is 0 Å². The Morgan fingerprint density at radius 1 is 1.13 bits per heavy atom. The lowest BCUT2D eigenvalue weighted by atomic mass is 9.92. The van der Waals surface area contributed by atoms with Crippen LogP contribution < -0.4 is 20.1 Å². The van der Waals surface area contributed by atoms with Crippen LogP contribution >= 0.6 is 15.9 Å². The van der Waals surface area contributed by atoms with Gasteiger partial charge in [0.1, 0.15) is 0 Å². The highest BCUT2D eigenvalue weighted by Gasteiger charge is 2.35. The fraction of sp³-hybridized carbons (Fsp3) is 0.273. The number of carbonyl (C=O) groups is 2. The molecule has 1 heterocycles. The first-order valence-electron chi connectivity index (χ1n) is 9.54. The first-order chi connectivity index (χ1) is 14.5. The Labute approximate surface area is 183 Å². The highest BCUT2D eigenvalue weighted by molar-refractivity contribution is 9.10. The molecule has 0 radical (unpaired) electrons. The molecule has 2 aromatic carbocycles. The second-order valence-corrected chi connectivity index (χ2v) is 7.23. The first kappa shape index (κ1) is 21.7. The standard InChI is InChI=1S/C22H23BrN2O5/c1-4-29-16-12-14(11-15(23)20(16)28-3)19-17(21(26)30-5-2)18(24-22(27)25-19)13-9-7-6-8-10-13/h6-12,19H,4-5H2,1-3H3,(H2,24,25,27). The Balaban J connectivity index is 2.21. The molecule has 158 valence electrons. The second-order valence-electron chi connectivity index (χ2n) is 6.37. The Morgan fingerprint density at radius 3 is 2.50 bits per heavy atom. The Morgan fingerprint density at radius 2 is 1.87 bits per heavy atom. The van der Waals surface area contributed by atoms with Gasteiger partial charge in [0, 0.05) is 0 Å². The van der Waals surface area contributed by atoms with Crippen LogP contribution in [0, 0.1) is 0 Å². The predicted molar refractivity (Wildman–Crippen MR) is 116 cm³/mol. The average Bonchev–Trinajstić information content (AvgIpc) is 2.74. The van der Waals surface area contributed by atoms with E-state index in [0.29, 0.717) is 45.0 Å². The molecule has 2 N–H and O–H groups in total. The number of carbonyl (C=O) groups excluding carboxylic acids is 2. The van der Waals surface area contributed by atoms with E-state index in [4.69, 9.17) is 14.2 Å². The Kier molecular flexibility index (Phi) is 6.99. The van der Waals surface area contributed by atoms with Crippen molar-refractivity contribution in [3.05, 3.63) is 63.6 Å². The molecule has 1 atom stereocenters. The molecule has 0 aromatic heterocycles. The number of halogens is 1. The summed E-state index contributed by atoms with van der Waals surface area (Å²) >= 11 is 3.49. The second kappa shape index (κ2) is 9.67. The number of esters is 1. The third-order valence-electron chi connectivity index (χ3n) is 4.50. The molecule has 1 unspecified atom stereocenters. The van der Waals surface area contributed by atoms with Crippen LogP contribution in [0.25, 0.3) is 5.70 Å². The molecule has 2 amide bonds. The number of amides is 2. The zero-order chi connectivity index (χ0) is 21.7. The van der Waals surface area contributed by atoms with Crippen molar-refractivity contribution in [2.75, 3.05) is 20.3 Å². The van der Waals surface area contributed by atoms with Crippen molar-refractivity contribution < 1.29 is 23.8 Å². The molecular formula is C22H23BrN2O5.